The molecule has 0 radical (unpaired) electrons. The summed E-state index contributed by atoms with van der Waals surface area (Å²) in [5.41, 5.74) is 1.22. The molecule has 7 atom stereocenters. The SMILES string of the molecule is C[C@]1(CNCc2ccc(F)cc2)[C@H]2CC[C@@]3(C)O[C@H](C4=CCOC4=O)C[C@H]3[C@]2(C)CC[C@H]1O. The Kier molecular flexibility index (Phi) is 5.70. The highest BCUT2D eigenvalue weighted by Crippen LogP contribution is 2.66. The number of benzene rings is 1. The van der Waals surface area contributed by atoms with Gasteiger partial charge in [0.05, 0.1) is 23.4 Å². The van der Waals surface area contributed by atoms with Gasteiger partial charge in [0.25, 0.3) is 0 Å². The van der Waals surface area contributed by atoms with E-state index in [0.29, 0.717) is 37.1 Å². The van der Waals surface area contributed by atoms with E-state index < -0.39 is 0 Å². The van der Waals surface area contributed by atoms with Crippen LogP contribution in [-0.4, -0.2) is 42.0 Å². The van der Waals surface area contributed by atoms with Crippen molar-refractivity contribution in [1.82, 2.24) is 5.32 Å². The van der Waals surface area contributed by atoms with Gasteiger partial charge >= 0.3 is 5.97 Å². The molecule has 6 heteroatoms. The van der Waals surface area contributed by atoms with Crippen molar-refractivity contribution in [3.8, 4) is 0 Å². The maximum absolute atomic E-state index is 13.2. The van der Waals surface area contributed by atoms with Gasteiger partial charge in [-0.15, -0.1) is 0 Å². The number of fused-ring (bicyclic) bond motifs is 3. The first-order valence-electron chi connectivity index (χ1n) is 12.3. The zero-order chi connectivity index (χ0) is 23.4. The van der Waals surface area contributed by atoms with E-state index >= 15 is 0 Å². The highest BCUT2D eigenvalue weighted by Gasteiger charge is 2.65. The van der Waals surface area contributed by atoms with E-state index in [1.165, 1.54) is 12.1 Å². The molecule has 2 aliphatic carbocycles. The van der Waals surface area contributed by atoms with E-state index in [2.05, 4.69) is 26.1 Å². The summed E-state index contributed by atoms with van der Waals surface area (Å²) in [5, 5.41) is 14.7. The van der Waals surface area contributed by atoms with Crippen molar-refractivity contribution in [2.45, 2.75) is 77.2 Å². The molecule has 2 heterocycles. The molecule has 0 amide bonds. The third-order valence-corrected chi connectivity index (χ3v) is 9.48. The summed E-state index contributed by atoms with van der Waals surface area (Å²) in [6, 6.07) is 6.58. The summed E-state index contributed by atoms with van der Waals surface area (Å²) in [6.45, 7) is 8.53. The number of halogens is 1. The fourth-order valence-corrected chi connectivity index (χ4v) is 7.71. The quantitative estimate of drug-likeness (QED) is 0.651. The van der Waals surface area contributed by atoms with Crippen LogP contribution in [0, 0.1) is 28.5 Å². The first-order valence-corrected chi connectivity index (χ1v) is 12.3. The fraction of sp³-hybridized carbons (Fsp3) is 0.667. The molecule has 1 aromatic rings. The second-order valence-electron chi connectivity index (χ2n) is 11.4. The van der Waals surface area contributed by atoms with Gasteiger partial charge in [-0.1, -0.05) is 26.0 Å². The number of aliphatic hydroxyl groups excluding tert-OH is 1. The Morgan fingerprint density at radius 1 is 1.12 bits per heavy atom. The van der Waals surface area contributed by atoms with Crippen LogP contribution in [0.3, 0.4) is 0 Å². The minimum absolute atomic E-state index is 0.0242. The zero-order valence-corrected chi connectivity index (χ0v) is 19.9. The molecule has 2 N–H and O–H groups in total. The highest BCUT2D eigenvalue weighted by molar-refractivity contribution is 5.91. The van der Waals surface area contributed by atoms with E-state index in [9.17, 15) is 14.3 Å². The molecular formula is C27H36FNO4. The summed E-state index contributed by atoms with van der Waals surface area (Å²) in [5.74, 6) is 0.206. The van der Waals surface area contributed by atoms with Crippen LogP contribution in [0.1, 0.15) is 58.4 Å². The topological polar surface area (TPSA) is 67.8 Å². The van der Waals surface area contributed by atoms with Crippen molar-refractivity contribution >= 4 is 5.97 Å². The largest absolute Gasteiger partial charge is 0.458 e. The van der Waals surface area contributed by atoms with E-state index in [0.717, 1.165) is 37.7 Å². The van der Waals surface area contributed by atoms with E-state index in [4.69, 9.17) is 9.47 Å². The Morgan fingerprint density at radius 3 is 2.58 bits per heavy atom. The van der Waals surface area contributed by atoms with Crippen LogP contribution < -0.4 is 5.32 Å². The summed E-state index contributed by atoms with van der Waals surface area (Å²) in [6.07, 6.45) is 5.80. The molecule has 1 aromatic carbocycles. The van der Waals surface area contributed by atoms with Gasteiger partial charge in [0.1, 0.15) is 12.4 Å². The number of hydrogen-bond acceptors (Lipinski definition) is 5. The third-order valence-electron chi connectivity index (χ3n) is 9.48. The molecule has 2 saturated carbocycles. The predicted octanol–water partition coefficient (Wildman–Crippen LogP) is 4.14. The molecule has 3 fully saturated rings. The van der Waals surface area contributed by atoms with Crippen molar-refractivity contribution in [3.05, 3.63) is 47.3 Å². The number of rotatable bonds is 5. The molecular weight excluding hydrogens is 421 g/mol. The van der Waals surface area contributed by atoms with Gasteiger partial charge in [0, 0.05) is 18.5 Å². The first-order chi connectivity index (χ1) is 15.7. The number of hydrogen-bond donors (Lipinski definition) is 2. The van der Waals surface area contributed by atoms with Crippen molar-refractivity contribution in [2.75, 3.05) is 13.2 Å². The predicted molar refractivity (Wildman–Crippen MR) is 123 cm³/mol. The van der Waals surface area contributed by atoms with Gasteiger partial charge in [-0.05, 0) is 80.1 Å². The van der Waals surface area contributed by atoms with Crippen LogP contribution in [-0.2, 0) is 20.8 Å². The third kappa shape index (κ3) is 3.75. The maximum atomic E-state index is 13.2. The van der Waals surface area contributed by atoms with Crippen LogP contribution >= 0.6 is 0 Å². The first kappa shape index (κ1) is 23.0. The van der Waals surface area contributed by atoms with Crippen LogP contribution in [0.5, 0.6) is 0 Å². The Labute approximate surface area is 195 Å². The monoisotopic (exact) mass is 457 g/mol. The lowest BCUT2D eigenvalue weighted by molar-refractivity contribution is -0.186. The summed E-state index contributed by atoms with van der Waals surface area (Å²) >= 11 is 0. The summed E-state index contributed by atoms with van der Waals surface area (Å²) in [7, 11) is 0. The standard InChI is InChI=1S/C27H36FNO4/c1-25-11-9-23(30)26(2,16-29-15-17-4-6-18(28)7-5-17)21(25)8-12-27(3)22(25)14-20(33-27)19-10-13-32-24(19)31/h4-7,10,20-23,29-30H,8-9,11-16H2,1-3H3/t20-,21-,22-,23+,25+,26-,27+/m0/s1. The number of cyclic esters (lactones) is 1. The molecule has 2 aliphatic heterocycles. The molecule has 5 rings (SSSR count). The van der Waals surface area contributed by atoms with E-state index in [1.807, 2.05) is 6.08 Å². The number of carbonyl (C=O) groups is 1. The lowest BCUT2D eigenvalue weighted by Crippen LogP contribution is -2.62. The molecule has 1 saturated heterocycles. The highest BCUT2D eigenvalue weighted by atomic mass is 19.1. The number of carbonyl (C=O) groups excluding carboxylic acids is 1. The van der Waals surface area contributed by atoms with Crippen molar-refractivity contribution in [3.63, 3.8) is 0 Å². The lowest BCUT2D eigenvalue weighted by atomic mass is 9.44. The fourth-order valence-electron chi connectivity index (χ4n) is 7.71. The Balaban J connectivity index is 1.35. The summed E-state index contributed by atoms with van der Waals surface area (Å²) < 4.78 is 25.0. The molecule has 180 valence electrons. The zero-order valence-electron chi connectivity index (χ0n) is 19.9. The number of aliphatic hydroxyl groups is 1. The van der Waals surface area contributed by atoms with Crippen LogP contribution in [0.25, 0.3) is 0 Å². The van der Waals surface area contributed by atoms with Gasteiger partial charge in [-0.25, -0.2) is 9.18 Å². The second-order valence-corrected chi connectivity index (χ2v) is 11.4. The van der Waals surface area contributed by atoms with Gasteiger partial charge < -0.3 is 19.9 Å². The van der Waals surface area contributed by atoms with Gasteiger partial charge in [-0.2, -0.15) is 0 Å². The molecule has 4 aliphatic rings. The normalized spacial score (nSPS) is 42.5. The van der Waals surface area contributed by atoms with Gasteiger partial charge in [-0.3, -0.25) is 0 Å². The van der Waals surface area contributed by atoms with Gasteiger partial charge in [0.2, 0.25) is 0 Å². The Hall–Kier alpha value is -1.76. The van der Waals surface area contributed by atoms with Crippen molar-refractivity contribution in [1.29, 1.82) is 0 Å². The summed E-state index contributed by atoms with van der Waals surface area (Å²) in [4.78, 5) is 12.2. The van der Waals surface area contributed by atoms with E-state index in [-0.39, 0.29) is 40.4 Å². The lowest BCUT2D eigenvalue weighted by Gasteiger charge is -2.62. The van der Waals surface area contributed by atoms with Crippen LogP contribution in [0.2, 0.25) is 0 Å². The number of ether oxygens (including phenoxy) is 2. The Bertz CT molecular complexity index is 948. The number of esters is 1. The van der Waals surface area contributed by atoms with Crippen LogP contribution in [0.4, 0.5) is 4.39 Å². The minimum atomic E-state index is -0.369. The average molecular weight is 458 g/mol. The van der Waals surface area contributed by atoms with E-state index in [1.54, 1.807) is 12.1 Å². The van der Waals surface area contributed by atoms with Crippen molar-refractivity contribution < 1.29 is 23.8 Å². The minimum Gasteiger partial charge on any atom is -0.458 e. The molecule has 0 spiro atoms. The maximum Gasteiger partial charge on any atom is 0.336 e. The molecule has 5 nitrogen and oxygen atoms in total. The molecule has 33 heavy (non-hydrogen) atoms. The van der Waals surface area contributed by atoms with Gasteiger partial charge in [0.15, 0.2) is 0 Å². The smallest absolute Gasteiger partial charge is 0.336 e. The molecule has 0 bridgehead atoms. The second kappa shape index (κ2) is 8.17. The van der Waals surface area contributed by atoms with Crippen LogP contribution in [0.15, 0.2) is 35.9 Å². The average Bonchev–Trinajstić information content (AvgIpc) is 3.36. The van der Waals surface area contributed by atoms with Crippen molar-refractivity contribution in [2.24, 2.45) is 22.7 Å². The molecule has 0 aromatic heterocycles. The molecule has 0 unspecified atom stereocenters. The number of nitrogens with one attached hydrogen (secondary N) is 1. The Morgan fingerprint density at radius 2 is 1.88 bits per heavy atom.